The van der Waals surface area contributed by atoms with Crippen molar-refractivity contribution in [2.45, 2.75) is 37.6 Å². The van der Waals surface area contributed by atoms with Gasteiger partial charge in [-0.05, 0) is 46.9 Å². The molecule has 2 aliphatic rings. The zero-order valence-corrected chi connectivity index (χ0v) is 18.2. The van der Waals surface area contributed by atoms with Crippen molar-refractivity contribution in [2.75, 3.05) is 13.2 Å². The van der Waals surface area contributed by atoms with Gasteiger partial charge >= 0.3 is 12.1 Å². The number of alkyl carbamates (subject to hydrolysis) is 1. The summed E-state index contributed by atoms with van der Waals surface area (Å²) in [6.45, 7) is 0.188. The van der Waals surface area contributed by atoms with E-state index in [-0.39, 0.29) is 37.5 Å². The van der Waals surface area contributed by atoms with Crippen LogP contribution in [0.3, 0.4) is 0 Å². The fourth-order valence-electron chi connectivity index (χ4n) is 4.79. The molecular weight excluding hydrogens is 420 g/mol. The highest BCUT2D eigenvalue weighted by Gasteiger charge is 2.30. The third-order valence-corrected chi connectivity index (χ3v) is 6.28. The Kier molecular flexibility index (Phi) is 6.94. The van der Waals surface area contributed by atoms with Crippen molar-refractivity contribution < 1.29 is 24.2 Å². The van der Waals surface area contributed by atoms with E-state index in [1.54, 1.807) is 0 Å². The number of rotatable bonds is 6. The van der Waals surface area contributed by atoms with Gasteiger partial charge in [0.1, 0.15) is 6.61 Å². The van der Waals surface area contributed by atoms with Gasteiger partial charge in [-0.25, -0.2) is 4.79 Å². The van der Waals surface area contributed by atoms with E-state index >= 15 is 0 Å². The summed E-state index contributed by atoms with van der Waals surface area (Å²) in [6.07, 6.45) is 1.88. The van der Waals surface area contributed by atoms with E-state index in [1.165, 1.54) is 0 Å². The van der Waals surface area contributed by atoms with Crippen LogP contribution in [0.1, 0.15) is 42.7 Å². The summed E-state index contributed by atoms with van der Waals surface area (Å²) in [7, 11) is 0. The summed E-state index contributed by atoms with van der Waals surface area (Å²) in [5, 5.41) is 14.3. The minimum atomic E-state index is -0.862. The van der Waals surface area contributed by atoms with Crippen molar-refractivity contribution in [2.24, 2.45) is 5.92 Å². The fraction of sp³-hybridized carbons (Fsp3) is 0.346. The lowest BCUT2D eigenvalue weighted by atomic mass is 9.98. The third kappa shape index (κ3) is 5.35. The third-order valence-electron chi connectivity index (χ3n) is 6.28. The lowest BCUT2D eigenvalue weighted by Gasteiger charge is -2.17. The zero-order chi connectivity index (χ0) is 23.2. The molecule has 33 heavy (non-hydrogen) atoms. The highest BCUT2D eigenvalue weighted by atomic mass is 16.5. The Morgan fingerprint density at radius 3 is 2.33 bits per heavy atom. The van der Waals surface area contributed by atoms with Gasteiger partial charge in [-0.3, -0.25) is 9.59 Å². The van der Waals surface area contributed by atoms with E-state index < -0.39 is 18.0 Å². The van der Waals surface area contributed by atoms with Gasteiger partial charge in [0, 0.05) is 12.0 Å². The molecule has 0 heterocycles. The van der Waals surface area contributed by atoms with Crippen LogP contribution in [0, 0.1) is 17.8 Å². The molecule has 0 aliphatic heterocycles. The van der Waals surface area contributed by atoms with Crippen LogP contribution < -0.4 is 10.6 Å². The maximum atomic E-state index is 12.1. The van der Waals surface area contributed by atoms with Gasteiger partial charge in [-0.2, -0.15) is 0 Å². The first kappa shape index (κ1) is 22.4. The molecule has 4 rings (SSSR count). The Morgan fingerprint density at radius 2 is 1.67 bits per heavy atom. The number of hydrogen-bond donors (Lipinski definition) is 3. The number of amides is 2. The lowest BCUT2D eigenvalue weighted by Crippen LogP contribution is -2.37. The van der Waals surface area contributed by atoms with Crippen LogP contribution in [0.4, 0.5) is 4.79 Å². The molecule has 0 bridgehead atoms. The number of benzene rings is 2. The minimum Gasteiger partial charge on any atom is -0.481 e. The topological polar surface area (TPSA) is 105 Å². The molecule has 2 aliphatic carbocycles. The van der Waals surface area contributed by atoms with Crippen LogP contribution in [-0.4, -0.2) is 42.3 Å². The van der Waals surface area contributed by atoms with E-state index in [2.05, 4.69) is 46.7 Å². The second-order valence-electron chi connectivity index (χ2n) is 8.35. The quantitative estimate of drug-likeness (QED) is 0.591. The Hall–Kier alpha value is -3.79. The average Bonchev–Trinajstić information content (AvgIpc) is 3.36. The van der Waals surface area contributed by atoms with E-state index in [4.69, 9.17) is 9.84 Å². The van der Waals surface area contributed by atoms with E-state index in [0.29, 0.717) is 0 Å². The molecule has 2 aromatic carbocycles. The molecule has 7 heteroatoms. The standard InChI is InChI=1S/C26H26N2O5/c29-24(28-23-12-5-7-17(23)15-25(30)31)13-6-14-27-26(32)33-16-22-20-10-3-1-8-18(20)19-9-2-4-11-21(19)22/h1-4,8-11,17,22-23H,5,7,12,14-16H2,(H,27,32)(H,28,29)(H,30,31). The summed E-state index contributed by atoms with van der Waals surface area (Å²) in [5.74, 6) is 3.65. The number of nitrogens with one attached hydrogen (secondary N) is 2. The molecule has 2 amide bonds. The molecule has 0 aromatic heterocycles. The van der Waals surface area contributed by atoms with Crippen LogP contribution in [0.2, 0.25) is 0 Å². The molecule has 2 atom stereocenters. The summed E-state index contributed by atoms with van der Waals surface area (Å²) in [6, 6.07) is 16.0. The first-order valence-electron chi connectivity index (χ1n) is 11.1. The molecule has 1 fully saturated rings. The smallest absolute Gasteiger partial charge is 0.407 e. The van der Waals surface area contributed by atoms with Crippen molar-refractivity contribution in [1.29, 1.82) is 0 Å². The summed E-state index contributed by atoms with van der Waals surface area (Å²) in [5.41, 5.74) is 4.59. The van der Waals surface area contributed by atoms with Gasteiger partial charge in [0.2, 0.25) is 0 Å². The molecule has 1 saturated carbocycles. The Morgan fingerprint density at radius 1 is 1.00 bits per heavy atom. The van der Waals surface area contributed by atoms with Crippen LogP contribution in [0.5, 0.6) is 0 Å². The maximum Gasteiger partial charge on any atom is 0.407 e. The van der Waals surface area contributed by atoms with Crippen LogP contribution in [-0.2, 0) is 14.3 Å². The van der Waals surface area contributed by atoms with Gasteiger partial charge in [0.05, 0.1) is 13.0 Å². The highest BCUT2D eigenvalue weighted by molar-refractivity contribution is 5.93. The molecule has 0 radical (unpaired) electrons. The predicted molar refractivity (Wildman–Crippen MR) is 122 cm³/mol. The van der Waals surface area contributed by atoms with Gasteiger partial charge in [-0.1, -0.05) is 60.9 Å². The van der Waals surface area contributed by atoms with E-state index in [0.717, 1.165) is 41.5 Å². The van der Waals surface area contributed by atoms with Crippen molar-refractivity contribution in [3.8, 4) is 23.0 Å². The minimum absolute atomic E-state index is 0.0205. The van der Waals surface area contributed by atoms with Crippen molar-refractivity contribution in [3.05, 3.63) is 59.7 Å². The van der Waals surface area contributed by atoms with E-state index in [1.807, 2.05) is 24.3 Å². The zero-order valence-electron chi connectivity index (χ0n) is 18.2. The fourth-order valence-corrected chi connectivity index (χ4v) is 4.79. The van der Waals surface area contributed by atoms with Crippen molar-refractivity contribution in [3.63, 3.8) is 0 Å². The summed E-state index contributed by atoms with van der Waals surface area (Å²) < 4.78 is 5.43. The Labute approximate surface area is 192 Å². The Bertz CT molecular complexity index is 1070. The average molecular weight is 447 g/mol. The second kappa shape index (κ2) is 10.2. The monoisotopic (exact) mass is 446 g/mol. The number of fused-ring (bicyclic) bond motifs is 3. The molecule has 3 N–H and O–H groups in total. The van der Waals surface area contributed by atoms with Crippen molar-refractivity contribution in [1.82, 2.24) is 10.6 Å². The molecule has 7 nitrogen and oxygen atoms in total. The highest BCUT2D eigenvalue weighted by Crippen LogP contribution is 2.44. The second-order valence-corrected chi connectivity index (χ2v) is 8.35. The number of carboxylic acid groups (broad SMARTS) is 1. The van der Waals surface area contributed by atoms with Gasteiger partial charge in [-0.15, -0.1) is 0 Å². The molecule has 170 valence electrons. The van der Waals surface area contributed by atoms with Crippen LogP contribution >= 0.6 is 0 Å². The van der Waals surface area contributed by atoms with E-state index in [9.17, 15) is 14.4 Å². The number of carboxylic acids is 1. The number of ether oxygens (including phenoxy) is 1. The van der Waals surface area contributed by atoms with Crippen molar-refractivity contribution >= 4 is 18.0 Å². The summed E-state index contributed by atoms with van der Waals surface area (Å²) >= 11 is 0. The molecule has 2 aromatic rings. The molecule has 0 saturated heterocycles. The first-order chi connectivity index (χ1) is 16.0. The maximum absolute atomic E-state index is 12.1. The molecule has 0 spiro atoms. The largest absolute Gasteiger partial charge is 0.481 e. The number of aliphatic carboxylic acids is 1. The van der Waals surface area contributed by atoms with Gasteiger partial charge in [0.15, 0.2) is 0 Å². The predicted octanol–water partition coefficient (Wildman–Crippen LogP) is 3.29. The number of carbonyl (C=O) groups is 3. The molecule has 2 unspecified atom stereocenters. The normalized spacial score (nSPS) is 18.4. The molecular formula is C26H26N2O5. The lowest BCUT2D eigenvalue weighted by molar-refractivity contribution is -0.138. The number of carbonyl (C=O) groups excluding carboxylic acids is 2. The first-order valence-corrected chi connectivity index (χ1v) is 11.1. The number of hydrogen-bond acceptors (Lipinski definition) is 4. The van der Waals surface area contributed by atoms with Gasteiger partial charge < -0.3 is 20.5 Å². The van der Waals surface area contributed by atoms with Crippen LogP contribution in [0.25, 0.3) is 11.1 Å². The van der Waals surface area contributed by atoms with Gasteiger partial charge in [0.25, 0.3) is 5.91 Å². The summed E-state index contributed by atoms with van der Waals surface area (Å²) in [4.78, 5) is 35.1. The van der Waals surface area contributed by atoms with Crippen LogP contribution in [0.15, 0.2) is 48.5 Å². The Balaban J connectivity index is 1.24. The SMILES string of the molecule is O=C(O)CC1CCCC1NC(=O)C#CCNC(=O)OCC1c2ccccc2-c2ccccc21.